The summed E-state index contributed by atoms with van der Waals surface area (Å²) in [5, 5.41) is 9.84. The average molecular weight is 329 g/mol. The Balaban J connectivity index is 2.12. The van der Waals surface area contributed by atoms with Gasteiger partial charge in [-0.05, 0) is 49.6 Å². The first-order valence-electron chi connectivity index (χ1n) is 7.28. The number of aliphatic hydroxyl groups excluding tert-OH is 1. The third kappa shape index (κ3) is 4.22. The monoisotopic (exact) mass is 329 g/mol. The summed E-state index contributed by atoms with van der Waals surface area (Å²) >= 11 is 1.83. The topological polar surface area (TPSA) is 66.4 Å². The molecule has 1 saturated heterocycles. The van der Waals surface area contributed by atoms with Gasteiger partial charge in [-0.25, -0.2) is 13.1 Å². The Labute approximate surface area is 131 Å². The maximum absolute atomic E-state index is 12.4. The molecule has 1 aromatic rings. The fourth-order valence-corrected chi connectivity index (χ4v) is 4.99. The molecule has 1 heterocycles. The van der Waals surface area contributed by atoms with Crippen LogP contribution in [0.1, 0.15) is 44.8 Å². The lowest BCUT2D eigenvalue weighted by Gasteiger charge is -2.23. The molecule has 4 nitrogen and oxygen atoms in total. The molecule has 0 aliphatic carbocycles. The van der Waals surface area contributed by atoms with Crippen molar-refractivity contribution in [3.05, 3.63) is 29.8 Å². The van der Waals surface area contributed by atoms with E-state index in [0.29, 0.717) is 18.5 Å². The molecule has 2 unspecified atom stereocenters. The predicted octanol–water partition coefficient (Wildman–Crippen LogP) is 2.69. The second kappa shape index (κ2) is 6.69. The van der Waals surface area contributed by atoms with Gasteiger partial charge in [0.1, 0.15) is 0 Å². The summed E-state index contributed by atoms with van der Waals surface area (Å²) in [4.78, 5) is 0.221. The third-order valence-electron chi connectivity index (χ3n) is 3.88. The van der Waals surface area contributed by atoms with Crippen molar-refractivity contribution in [2.75, 3.05) is 12.3 Å². The van der Waals surface area contributed by atoms with Crippen molar-refractivity contribution in [3.63, 3.8) is 0 Å². The van der Waals surface area contributed by atoms with Gasteiger partial charge in [0.2, 0.25) is 10.0 Å². The first-order chi connectivity index (χ1) is 9.86. The maximum atomic E-state index is 12.4. The molecular formula is C15H23NO3S2. The van der Waals surface area contributed by atoms with E-state index in [2.05, 4.69) is 11.6 Å². The fourth-order valence-electron chi connectivity index (χ4n) is 2.43. The van der Waals surface area contributed by atoms with Gasteiger partial charge in [0, 0.05) is 11.3 Å². The van der Waals surface area contributed by atoms with E-state index in [9.17, 15) is 13.5 Å². The molecule has 2 N–H and O–H groups in total. The number of thioether (sulfide) groups is 1. The van der Waals surface area contributed by atoms with E-state index >= 15 is 0 Å². The summed E-state index contributed by atoms with van der Waals surface area (Å²) in [5.74, 6) is 1.09. The average Bonchev–Trinajstić information content (AvgIpc) is 2.92. The normalized spacial score (nSPS) is 24.1. The van der Waals surface area contributed by atoms with Crippen LogP contribution in [0.2, 0.25) is 0 Å². The summed E-state index contributed by atoms with van der Waals surface area (Å²) in [6, 6.07) is 6.55. The molecule has 0 radical (unpaired) electrons. The van der Waals surface area contributed by atoms with E-state index in [1.54, 1.807) is 24.3 Å². The molecular weight excluding hydrogens is 306 g/mol. The van der Waals surface area contributed by atoms with Crippen molar-refractivity contribution in [2.24, 2.45) is 0 Å². The number of rotatable bonds is 6. The lowest BCUT2D eigenvalue weighted by molar-refractivity contribution is 0.173. The number of sulfonamides is 1. The summed E-state index contributed by atoms with van der Waals surface area (Å²) in [6.07, 6.45) is 2.12. The Bertz CT molecular complexity index is 580. The van der Waals surface area contributed by atoms with Crippen molar-refractivity contribution in [1.82, 2.24) is 4.72 Å². The Kier molecular flexibility index (Phi) is 5.35. The van der Waals surface area contributed by atoms with Gasteiger partial charge in [-0.2, -0.15) is 11.8 Å². The Morgan fingerprint density at radius 3 is 2.86 bits per heavy atom. The van der Waals surface area contributed by atoms with E-state index < -0.39 is 16.1 Å². The molecule has 0 bridgehead atoms. The summed E-state index contributed by atoms with van der Waals surface area (Å²) in [7, 11) is -3.52. The van der Waals surface area contributed by atoms with Crippen LogP contribution in [0.4, 0.5) is 0 Å². The van der Waals surface area contributed by atoms with Crippen molar-refractivity contribution in [3.8, 4) is 0 Å². The molecule has 1 fully saturated rings. The van der Waals surface area contributed by atoms with Crippen LogP contribution in [0.3, 0.4) is 0 Å². The van der Waals surface area contributed by atoms with Crippen LogP contribution in [0.25, 0.3) is 0 Å². The highest BCUT2D eigenvalue weighted by molar-refractivity contribution is 8.01. The smallest absolute Gasteiger partial charge is 0.240 e. The van der Waals surface area contributed by atoms with Gasteiger partial charge < -0.3 is 5.11 Å². The van der Waals surface area contributed by atoms with Gasteiger partial charge in [-0.3, -0.25) is 0 Å². The molecule has 2 rings (SSSR count). The van der Waals surface area contributed by atoms with Gasteiger partial charge in [-0.1, -0.05) is 19.1 Å². The first-order valence-corrected chi connectivity index (χ1v) is 9.75. The zero-order valence-corrected chi connectivity index (χ0v) is 14.1. The van der Waals surface area contributed by atoms with E-state index in [4.69, 9.17) is 0 Å². The summed E-state index contributed by atoms with van der Waals surface area (Å²) in [6.45, 7) is 4.41. The van der Waals surface area contributed by atoms with E-state index in [1.807, 2.05) is 18.7 Å². The van der Waals surface area contributed by atoms with Crippen LogP contribution in [-0.4, -0.2) is 30.6 Å². The molecule has 0 aromatic heterocycles. The van der Waals surface area contributed by atoms with Crippen molar-refractivity contribution < 1.29 is 13.5 Å². The van der Waals surface area contributed by atoms with Crippen LogP contribution in [0, 0.1) is 0 Å². The second-order valence-electron chi connectivity index (χ2n) is 5.72. The minimum Gasteiger partial charge on any atom is -0.388 e. The molecule has 0 saturated carbocycles. The van der Waals surface area contributed by atoms with Crippen LogP contribution in [0.5, 0.6) is 0 Å². The molecule has 118 valence electrons. The molecule has 1 aliphatic rings. The standard InChI is InChI=1S/C15H23NO3S2/c1-3-14(17)12-6-4-7-13(10-12)21(18,19)16-11-15(2)8-5-9-20-15/h4,6-7,10,14,16-17H,3,5,8-9,11H2,1-2H3. The molecule has 1 aromatic carbocycles. The quantitative estimate of drug-likeness (QED) is 0.842. The largest absolute Gasteiger partial charge is 0.388 e. The summed E-state index contributed by atoms with van der Waals surface area (Å²) < 4.78 is 27.5. The molecule has 0 amide bonds. The number of nitrogens with one attached hydrogen (secondary N) is 1. The number of hydrogen-bond donors (Lipinski definition) is 2. The molecule has 1 aliphatic heterocycles. The van der Waals surface area contributed by atoms with E-state index in [0.717, 1.165) is 18.6 Å². The van der Waals surface area contributed by atoms with Crippen LogP contribution < -0.4 is 4.72 Å². The predicted molar refractivity (Wildman–Crippen MR) is 87.0 cm³/mol. The minimum atomic E-state index is -3.52. The highest BCUT2D eigenvalue weighted by Crippen LogP contribution is 2.37. The van der Waals surface area contributed by atoms with Gasteiger partial charge in [0.15, 0.2) is 0 Å². The van der Waals surface area contributed by atoms with Crippen molar-refractivity contribution in [2.45, 2.75) is 48.9 Å². The molecule has 0 spiro atoms. The lowest BCUT2D eigenvalue weighted by Crippen LogP contribution is -2.36. The van der Waals surface area contributed by atoms with Crippen LogP contribution >= 0.6 is 11.8 Å². The van der Waals surface area contributed by atoms with E-state index in [1.165, 1.54) is 0 Å². The minimum absolute atomic E-state index is 0.00634. The Morgan fingerprint density at radius 1 is 1.48 bits per heavy atom. The van der Waals surface area contributed by atoms with Gasteiger partial charge in [0.05, 0.1) is 11.0 Å². The Hall–Kier alpha value is -0.560. The maximum Gasteiger partial charge on any atom is 0.240 e. The summed E-state index contributed by atoms with van der Waals surface area (Å²) in [5.41, 5.74) is 0.641. The highest BCUT2D eigenvalue weighted by Gasteiger charge is 2.31. The van der Waals surface area contributed by atoms with Crippen molar-refractivity contribution >= 4 is 21.8 Å². The molecule has 6 heteroatoms. The number of benzene rings is 1. The highest BCUT2D eigenvalue weighted by atomic mass is 32.2. The first kappa shape index (κ1) is 16.8. The molecule has 21 heavy (non-hydrogen) atoms. The van der Waals surface area contributed by atoms with Gasteiger partial charge in [-0.15, -0.1) is 0 Å². The number of hydrogen-bond acceptors (Lipinski definition) is 4. The SMILES string of the molecule is CCC(O)c1cccc(S(=O)(=O)NCC2(C)CCCS2)c1. The van der Waals surface area contributed by atoms with Crippen molar-refractivity contribution in [1.29, 1.82) is 0 Å². The lowest BCUT2D eigenvalue weighted by atomic mass is 10.1. The van der Waals surface area contributed by atoms with Crippen LogP contribution in [0.15, 0.2) is 29.2 Å². The fraction of sp³-hybridized carbons (Fsp3) is 0.600. The second-order valence-corrected chi connectivity index (χ2v) is 9.17. The van der Waals surface area contributed by atoms with Gasteiger partial charge >= 0.3 is 0 Å². The number of aliphatic hydroxyl groups is 1. The van der Waals surface area contributed by atoms with E-state index in [-0.39, 0.29) is 9.64 Å². The third-order valence-corrected chi connectivity index (χ3v) is 6.81. The molecule has 2 atom stereocenters. The van der Waals surface area contributed by atoms with Gasteiger partial charge in [0.25, 0.3) is 0 Å². The Morgan fingerprint density at radius 2 is 2.24 bits per heavy atom. The van der Waals surface area contributed by atoms with Crippen LogP contribution in [-0.2, 0) is 10.0 Å². The zero-order valence-electron chi connectivity index (χ0n) is 12.5. The zero-order chi connectivity index (χ0) is 15.5.